The van der Waals surface area contributed by atoms with Crippen molar-refractivity contribution in [3.63, 3.8) is 0 Å². The highest BCUT2D eigenvalue weighted by atomic mass is 16.5. The van der Waals surface area contributed by atoms with Crippen LogP contribution in [0.2, 0.25) is 0 Å². The molecule has 0 unspecified atom stereocenters. The van der Waals surface area contributed by atoms with Gasteiger partial charge in [0.05, 0.1) is 25.1 Å². The van der Waals surface area contributed by atoms with E-state index in [0.717, 1.165) is 17.0 Å². The van der Waals surface area contributed by atoms with Crippen LogP contribution in [0.4, 0.5) is 11.4 Å². The van der Waals surface area contributed by atoms with Crippen LogP contribution in [0.25, 0.3) is 5.69 Å². The molecule has 9 nitrogen and oxygen atoms in total. The first-order valence-electron chi connectivity index (χ1n) is 17.2. The molecule has 0 aliphatic carbocycles. The normalized spacial score (nSPS) is 28.6. The Kier molecular flexibility index (Phi) is 2.65. The van der Waals surface area contributed by atoms with Crippen molar-refractivity contribution in [2.24, 2.45) is 5.73 Å². The zero-order chi connectivity index (χ0) is 37.0. The van der Waals surface area contributed by atoms with Gasteiger partial charge in [0.25, 0.3) is 11.8 Å². The standard InChI is InChI=1S/C25H25N5O4/c1-34-19-11-9-18(10-12-19)30-23-20(22(27-30)24(26)32)13-15-29(25(23)33)17-7-5-16(6-8-17)28-14-3-2-4-21(28)31/h5-12H,2-4,13-15H2,1H3,(H2,26,32)/i1D3,2D2,3D2,9D,10D,11D,12D,13D2,15D2. The van der Waals surface area contributed by atoms with E-state index in [4.69, 9.17) is 26.3 Å². The van der Waals surface area contributed by atoms with Gasteiger partial charge in [-0.15, -0.1) is 0 Å². The minimum Gasteiger partial charge on any atom is -0.497 e. The molecular weight excluding hydrogens is 434 g/mol. The highest BCUT2D eigenvalue weighted by Crippen LogP contribution is 2.31. The molecule has 1 aromatic heterocycles. The van der Waals surface area contributed by atoms with E-state index >= 15 is 0 Å². The first-order valence-corrected chi connectivity index (χ1v) is 9.75. The lowest BCUT2D eigenvalue weighted by Crippen LogP contribution is -2.39. The summed E-state index contributed by atoms with van der Waals surface area (Å²) in [5.41, 5.74) is 1.46. The molecular formula is C25H25N5O4. The zero-order valence-electron chi connectivity index (χ0n) is 32.2. The molecule has 3 aromatic rings. The molecule has 0 radical (unpaired) electrons. The SMILES string of the molecule is [2H]c1c([2H])c(-n2nc(C(N)=O)c3c2C(=O)N(c2ccc(N4CC([2H])([2H])C([2H])([2H])CC4=O)cc2)C([2H])([2H])C3([2H])[2H])c([2H])c([2H])c1OC([2H])([2H])[2H]. The first kappa shape index (κ1) is 10.4. The van der Waals surface area contributed by atoms with E-state index in [1.54, 1.807) is 0 Å². The van der Waals surface area contributed by atoms with Gasteiger partial charge >= 0.3 is 0 Å². The fraction of sp³-hybridized carbons (Fsp3) is 0.280. The van der Waals surface area contributed by atoms with E-state index in [1.165, 1.54) is 12.1 Å². The smallest absolute Gasteiger partial charge is 0.277 e. The summed E-state index contributed by atoms with van der Waals surface area (Å²) in [5, 5.41) is 3.84. The molecule has 0 spiro atoms. The van der Waals surface area contributed by atoms with Crippen LogP contribution in [0.5, 0.6) is 5.75 Å². The maximum absolute atomic E-state index is 14.2. The third-order valence-electron chi connectivity index (χ3n) is 5.04. The predicted octanol–water partition coefficient (Wildman–Crippen LogP) is 2.70. The van der Waals surface area contributed by atoms with Crippen molar-refractivity contribution in [3.05, 3.63) is 65.4 Å². The number of aromatic nitrogens is 2. The van der Waals surface area contributed by atoms with Crippen molar-refractivity contribution in [3.8, 4) is 11.4 Å². The second kappa shape index (κ2) is 8.66. The molecule has 2 N–H and O–H groups in total. The van der Waals surface area contributed by atoms with Crippen LogP contribution in [-0.4, -0.2) is 47.6 Å². The lowest BCUT2D eigenvalue weighted by Gasteiger charge is -2.29. The van der Waals surface area contributed by atoms with Crippen molar-refractivity contribution >= 4 is 29.1 Å². The lowest BCUT2D eigenvalue weighted by molar-refractivity contribution is -0.119. The van der Waals surface area contributed by atoms with Crippen molar-refractivity contribution < 1.29 is 39.7 Å². The molecule has 2 aliphatic rings. The number of benzene rings is 2. The third kappa shape index (κ3) is 3.68. The number of hydrogen-bond donors (Lipinski definition) is 1. The summed E-state index contributed by atoms with van der Waals surface area (Å²) in [6.45, 7) is -3.98. The number of hydrogen-bond acceptors (Lipinski definition) is 5. The third-order valence-corrected chi connectivity index (χ3v) is 5.04. The molecule has 0 bridgehead atoms. The molecule has 2 aromatic carbocycles. The number of nitrogens with two attached hydrogens (primary N) is 1. The fourth-order valence-electron chi connectivity index (χ4n) is 3.44. The van der Waals surface area contributed by atoms with Gasteiger partial charge < -0.3 is 20.3 Å². The number of carbonyl (C=O) groups excluding carboxylic acids is 3. The van der Waals surface area contributed by atoms with E-state index in [-0.39, 0.29) is 11.4 Å². The van der Waals surface area contributed by atoms with Gasteiger partial charge in [-0.25, -0.2) is 4.68 Å². The summed E-state index contributed by atoms with van der Waals surface area (Å²) in [5.74, 6) is -4.56. The molecule has 0 saturated carbocycles. The Morgan fingerprint density at radius 3 is 2.47 bits per heavy atom. The van der Waals surface area contributed by atoms with E-state index < -0.39 is 116 Å². The number of anilines is 2. The predicted molar refractivity (Wildman–Crippen MR) is 127 cm³/mol. The number of piperidine rings is 1. The number of nitrogens with zero attached hydrogens (tertiary/aromatic N) is 4. The topological polar surface area (TPSA) is 111 Å². The van der Waals surface area contributed by atoms with Crippen LogP contribution in [0.1, 0.15) is 66.3 Å². The van der Waals surface area contributed by atoms with Gasteiger partial charge in [-0.3, -0.25) is 14.4 Å². The average Bonchev–Trinajstić information content (AvgIpc) is 3.37. The molecule has 2 aliphatic heterocycles. The molecule has 3 amide bonds. The van der Waals surface area contributed by atoms with Gasteiger partial charge in [-0.05, 0) is 67.6 Å². The Balaban J connectivity index is 1.69. The maximum atomic E-state index is 14.2. The minimum absolute atomic E-state index is 0.0471. The molecule has 3 heterocycles. The second-order valence-corrected chi connectivity index (χ2v) is 7.03. The summed E-state index contributed by atoms with van der Waals surface area (Å²) >= 11 is 0. The number of fused-ring (bicyclic) bond motifs is 1. The number of rotatable bonds is 5. The number of methoxy groups -OCH3 is 1. The van der Waals surface area contributed by atoms with Gasteiger partial charge in [-0.1, -0.05) is 0 Å². The minimum atomic E-state index is -3.31. The second-order valence-electron chi connectivity index (χ2n) is 7.03. The van der Waals surface area contributed by atoms with E-state index in [1.807, 2.05) is 0 Å². The van der Waals surface area contributed by atoms with Crippen molar-refractivity contribution in [2.45, 2.75) is 25.5 Å². The highest BCUT2D eigenvalue weighted by Gasteiger charge is 2.34. The summed E-state index contributed by atoms with van der Waals surface area (Å²) in [7, 11) is -3.19. The fourth-order valence-corrected chi connectivity index (χ4v) is 3.44. The number of ether oxygens (including phenoxy) is 1. The zero-order valence-corrected chi connectivity index (χ0v) is 17.2. The Hall–Kier alpha value is -4.14. The van der Waals surface area contributed by atoms with E-state index in [2.05, 4.69) is 9.84 Å². The number of primary amides is 1. The van der Waals surface area contributed by atoms with Crippen LogP contribution in [0, 0.1) is 0 Å². The van der Waals surface area contributed by atoms with Crippen LogP contribution < -0.4 is 20.3 Å². The Morgan fingerprint density at radius 2 is 1.79 bits per heavy atom. The van der Waals surface area contributed by atoms with Gasteiger partial charge in [0.15, 0.2) is 5.69 Å². The average molecular weight is 475 g/mol. The van der Waals surface area contributed by atoms with Gasteiger partial charge in [0.2, 0.25) is 5.91 Å². The quantitative estimate of drug-likeness (QED) is 0.611. The Labute approximate surface area is 217 Å². The molecule has 5 rings (SSSR count). The molecule has 174 valence electrons. The van der Waals surface area contributed by atoms with Crippen molar-refractivity contribution in [1.82, 2.24) is 9.78 Å². The van der Waals surface area contributed by atoms with Crippen molar-refractivity contribution in [2.75, 3.05) is 29.9 Å². The molecule has 1 fully saturated rings. The molecule has 1 saturated heterocycles. The van der Waals surface area contributed by atoms with Gasteiger partial charge in [0.1, 0.15) is 11.4 Å². The maximum Gasteiger partial charge on any atom is 0.277 e. The summed E-state index contributed by atoms with van der Waals surface area (Å²) in [6.07, 6.45) is -8.96. The Bertz CT molecular complexity index is 1900. The lowest BCUT2D eigenvalue weighted by atomic mass is 10.0. The Morgan fingerprint density at radius 1 is 1.09 bits per heavy atom. The van der Waals surface area contributed by atoms with E-state index in [9.17, 15) is 14.4 Å². The highest BCUT2D eigenvalue weighted by molar-refractivity contribution is 6.09. The van der Waals surface area contributed by atoms with Crippen LogP contribution in [-0.2, 0) is 11.2 Å². The van der Waals surface area contributed by atoms with Crippen LogP contribution >= 0.6 is 0 Å². The largest absolute Gasteiger partial charge is 0.497 e. The van der Waals surface area contributed by atoms with Crippen LogP contribution in [0.3, 0.4) is 0 Å². The number of carbonyl (C=O) groups is 3. The molecule has 9 heteroatoms. The summed E-state index contributed by atoms with van der Waals surface area (Å²) < 4.78 is 127. The van der Waals surface area contributed by atoms with E-state index in [0.29, 0.717) is 9.58 Å². The van der Waals surface area contributed by atoms with Gasteiger partial charge in [-0.2, -0.15) is 5.10 Å². The monoisotopic (exact) mass is 474 g/mol. The van der Waals surface area contributed by atoms with Crippen molar-refractivity contribution in [1.29, 1.82) is 0 Å². The molecule has 34 heavy (non-hydrogen) atoms. The first-order chi connectivity index (χ1) is 22.3. The summed E-state index contributed by atoms with van der Waals surface area (Å²) in [4.78, 5) is 40.7. The van der Waals surface area contributed by atoms with Gasteiger partial charge in [0, 0.05) is 44.6 Å². The summed E-state index contributed by atoms with van der Waals surface area (Å²) in [6, 6.07) is 0.486. The van der Waals surface area contributed by atoms with Crippen LogP contribution in [0.15, 0.2) is 48.4 Å². The number of amides is 3. The molecule has 0 atom stereocenters.